The molecular weight excluding hydrogens is 502 g/mol. The Hall–Kier alpha value is -3.27. The van der Waals surface area contributed by atoms with Crippen molar-refractivity contribution in [1.82, 2.24) is 9.47 Å². The Bertz CT molecular complexity index is 1500. The fourth-order valence-electron chi connectivity index (χ4n) is 4.98. The summed E-state index contributed by atoms with van der Waals surface area (Å²) in [4.78, 5) is 40.0. The van der Waals surface area contributed by atoms with Gasteiger partial charge in [-0.2, -0.15) is 0 Å². The summed E-state index contributed by atoms with van der Waals surface area (Å²) in [7, 11) is 1.66. The molecule has 1 fully saturated rings. The van der Waals surface area contributed by atoms with Gasteiger partial charge >= 0.3 is 12.1 Å². The molecule has 7 nitrogen and oxygen atoms in total. The normalized spacial score (nSPS) is 17.5. The monoisotopic (exact) mass is 530 g/mol. The molecule has 0 radical (unpaired) electrons. The zero-order valence-corrected chi connectivity index (χ0v) is 21.9. The Kier molecular flexibility index (Phi) is 6.13. The van der Waals surface area contributed by atoms with Crippen LogP contribution in [0.2, 0.25) is 0 Å². The predicted molar refractivity (Wildman–Crippen MR) is 136 cm³/mol. The number of hydrogen-bond acceptors (Lipinski definition) is 5. The van der Waals surface area contributed by atoms with Gasteiger partial charge in [0.05, 0.1) is 22.5 Å². The number of carbonyl (C=O) groups excluding carboxylic acids is 1. The van der Waals surface area contributed by atoms with E-state index in [0.29, 0.717) is 11.3 Å². The third-order valence-electron chi connectivity index (χ3n) is 6.86. The summed E-state index contributed by atoms with van der Waals surface area (Å²) in [6.07, 6.45) is 4.37. The number of benzene rings is 1. The summed E-state index contributed by atoms with van der Waals surface area (Å²) in [6.45, 7) is 5.37. The van der Waals surface area contributed by atoms with Gasteiger partial charge < -0.3 is 19.3 Å². The van der Waals surface area contributed by atoms with E-state index in [4.69, 9.17) is 4.74 Å². The summed E-state index contributed by atoms with van der Waals surface area (Å²) in [5.74, 6) is -3.24. The van der Waals surface area contributed by atoms with E-state index in [1.807, 2.05) is 0 Å². The molecule has 10 heteroatoms. The van der Waals surface area contributed by atoms with Gasteiger partial charge in [-0.1, -0.05) is 0 Å². The second-order valence-electron chi connectivity index (χ2n) is 10.7. The number of aryl methyl sites for hydroxylation is 1. The van der Waals surface area contributed by atoms with E-state index in [1.54, 1.807) is 33.9 Å². The maximum Gasteiger partial charge on any atom is 0.410 e. The lowest BCUT2D eigenvalue weighted by Gasteiger charge is -2.33. The molecule has 1 amide bonds. The van der Waals surface area contributed by atoms with Crippen molar-refractivity contribution in [2.75, 3.05) is 7.05 Å². The van der Waals surface area contributed by atoms with E-state index in [9.17, 15) is 19.5 Å². The molecule has 2 aliphatic rings. The SMILES string of the molecule is CN(C(=O)OC(C)(C)C)C1CCCc2sc(-c3c(F)cc4c(=O)c(C(=O)O)cn(C5CC5)c4c3F)cc21. The van der Waals surface area contributed by atoms with Crippen LogP contribution in [0.3, 0.4) is 0 Å². The molecule has 1 N–H and O–H groups in total. The van der Waals surface area contributed by atoms with Crippen LogP contribution in [0.5, 0.6) is 0 Å². The second-order valence-corrected chi connectivity index (χ2v) is 11.9. The quantitative estimate of drug-likeness (QED) is 0.429. The Morgan fingerprint density at radius 3 is 2.51 bits per heavy atom. The van der Waals surface area contributed by atoms with E-state index in [2.05, 4.69) is 0 Å². The average molecular weight is 531 g/mol. The molecule has 1 unspecified atom stereocenters. The molecule has 1 aromatic carbocycles. The van der Waals surface area contributed by atoms with Crippen LogP contribution in [0.25, 0.3) is 21.3 Å². The number of aromatic carboxylic acids is 1. The lowest BCUT2D eigenvalue weighted by Crippen LogP contribution is -2.37. The number of carboxylic acids is 1. The fourth-order valence-corrected chi connectivity index (χ4v) is 6.28. The van der Waals surface area contributed by atoms with Gasteiger partial charge in [-0.15, -0.1) is 11.3 Å². The van der Waals surface area contributed by atoms with Crippen molar-refractivity contribution >= 4 is 34.3 Å². The average Bonchev–Trinajstić information content (AvgIpc) is 3.56. The van der Waals surface area contributed by atoms with E-state index < -0.39 is 40.3 Å². The first-order valence-corrected chi connectivity index (χ1v) is 13.1. The minimum absolute atomic E-state index is 0.0808. The van der Waals surface area contributed by atoms with Gasteiger partial charge in [-0.3, -0.25) is 4.79 Å². The molecule has 1 atom stereocenters. The zero-order chi connectivity index (χ0) is 26.8. The van der Waals surface area contributed by atoms with Crippen molar-refractivity contribution in [2.24, 2.45) is 0 Å². The largest absolute Gasteiger partial charge is 0.477 e. The number of carboxylic acid groups (broad SMARTS) is 1. The third-order valence-corrected chi connectivity index (χ3v) is 8.08. The number of hydrogen-bond donors (Lipinski definition) is 1. The van der Waals surface area contributed by atoms with Crippen molar-refractivity contribution in [3.63, 3.8) is 0 Å². The molecule has 0 bridgehead atoms. The van der Waals surface area contributed by atoms with Gasteiger partial charge in [0.1, 0.15) is 17.0 Å². The predicted octanol–water partition coefficient (Wildman–Crippen LogP) is 6.29. The lowest BCUT2D eigenvalue weighted by atomic mass is 9.92. The number of rotatable bonds is 4. The number of amides is 1. The number of thiophene rings is 1. The first-order chi connectivity index (χ1) is 17.4. The molecule has 5 rings (SSSR count). The lowest BCUT2D eigenvalue weighted by molar-refractivity contribution is 0.0205. The fraction of sp³-hybridized carbons (Fsp3) is 0.444. The first-order valence-electron chi connectivity index (χ1n) is 12.3. The van der Waals surface area contributed by atoms with Gasteiger partial charge in [-0.25, -0.2) is 18.4 Å². The van der Waals surface area contributed by atoms with Crippen molar-refractivity contribution in [1.29, 1.82) is 0 Å². The minimum atomic E-state index is -1.43. The molecular formula is C27H28F2N2O5S. The van der Waals surface area contributed by atoms with Crippen LogP contribution in [0.1, 0.15) is 79.3 Å². The molecule has 2 aliphatic carbocycles. The minimum Gasteiger partial charge on any atom is -0.477 e. The number of aromatic nitrogens is 1. The van der Waals surface area contributed by atoms with Crippen LogP contribution in [-0.2, 0) is 11.2 Å². The van der Waals surface area contributed by atoms with Gasteiger partial charge in [0, 0.05) is 29.0 Å². The summed E-state index contributed by atoms with van der Waals surface area (Å²) in [6, 6.07) is 2.24. The molecule has 2 aromatic heterocycles. The van der Waals surface area contributed by atoms with E-state index >= 15 is 8.78 Å². The van der Waals surface area contributed by atoms with Crippen molar-refractivity contribution in [3.05, 3.63) is 56.2 Å². The third kappa shape index (κ3) is 4.52. The number of halogens is 2. The molecule has 0 saturated heterocycles. The van der Waals surface area contributed by atoms with Crippen molar-refractivity contribution in [2.45, 2.75) is 70.6 Å². The molecule has 3 aromatic rings. The van der Waals surface area contributed by atoms with Crippen LogP contribution >= 0.6 is 11.3 Å². The molecule has 37 heavy (non-hydrogen) atoms. The van der Waals surface area contributed by atoms with Crippen LogP contribution in [-0.4, -0.2) is 39.3 Å². The van der Waals surface area contributed by atoms with Crippen LogP contribution < -0.4 is 5.43 Å². The molecule has 0 spiro atoms. The van der Waals surface area contributed by atoms with Gasteiger partial charge in [0.2, 0.25) is 5.43 Å². The first kappa shape index (κ1) is 25.4. The van der Waals surface area contributed by atoms with Crippen molar-refractivity contribution in [3.8, 4) is 10.4 Å². The van der Waals surface area contributed by atoms with Crippen LogP contribution in [0.4, 0.5) is 13.6 Å². The summed E-state index contributed by atoms with van der Waals surface area (Å²) in [5, 5.41) is 9.17. The van der Waals surface area contributed by atoms with Crippen LogP contribution in [0.15, 0.2) is 23.1 Å². The number of nitrogens with zero attached hydrogens (tertiary/aromatic N) is 2. The van der Waals surface area contributed by atoms with Gasteiger partial charge in [0.15, 0.2) is 5.82 Å². The van der Waals surface area contributed by atoms with Crippen molar-refractivity contribution < 1.29 is 28.2 Å². The molecule has 1 saturated carbocycles. The number of carbonyl (C=O) groups is 2. The Morgan fingerprint density at radius 1 is 1.19 bits per heavy atom. The Morgan fingerprint density at radius 2 is 1.89 bits per heavy atom. The van der Waals surface area contributed by atoms with E-state index in [1.165, 1.54) is 27.0 Å². The zero-order valence-electron chi connectivity index (χ0n) is 21.1. The number of ether oxygens (including phenoxy) is 1. The maximum atomic E-state index is 16.1. The Labute approximate surface area is 216 Å². The highest BCUT2D eigenvalue weighted by atomic mass is 32.1. The smallest absolute Gasteiger partial charge is 0.410 e. The van der Waals surface area contributed by atoms with Crippen LogP contribution in [0, 0.1) is 11.6 Å². The standard InChI is InChI=1S/C27H28F2N2O5S/c1-27(2,3)36-26(35)30(4)18-6-5-7-19-14(18)11-20(37-19)21-17(28)10-15-23(22(21)29)31(13-8-9-13)12-16(24(15)32)25(33)34/h10-13,18H,5-9H2,1-4H3,(H,33,34). The molecule has 2 heterocycles. The highest BCUT2D eigenvalue weighted by Gasteiger charge is 2.34. The van der Waals surface area contributed by atoms with E-state index in [0.717, 1.165) is 42.2 Å². The number of fused-ring (bicyclic) bond motifs is 2. The van der Waals surface area contributed by atoms with Gasteiger partial charge in [-0.05, 0) is 70.6 Å². The summed E-state index contributed by atoms with van der Waals surface area (Å²) >= 11 is 1.27. The Balaban J connectivity index is 1.63. The highest BCUT2D eigenvalue weighted by molar-refractivity contribution is 7.15. The maximum absolute atomic E-state index is 16.1. The van der Waals surface area contributed by atoms with Gasteiger partial charge in [0.25, 0.3) is 0 Å². The topological polar surface area (TPSA) is 88.8 Å². The number of pyridine rings is 1. The molecule has 196 valence electrons. The highest BCUT2D eigenvalue weighted by Crippen LogP contribution is 2.45. The second kappa shape index (κ2) is 8.93. The molecule has 0 aliphatic heterocycles. The van der Waals surface area contributed by atoms with E-state index in [-0.39, 0.29) is 28.6 Å². The summed E-state index contributed by atoms with van der Waals surface area (Å²) in [5.41, 5.74) is -1.57. The summed E-state index contributed by atoms with van der Waals surface area (Å²) < 4.78 is 38.5.